The van der Waals surface area contributed by atoms with Crippen LogP contribution in [0, 0.1) is 0 Å². The van der Waals surface area contributed by atoms with Gasteiger partial charge in [0.2, 0.25) is 5.52 Å². The summed E-state index contributed by atoms with van der Waals surface area (Å²) in [6.07, 6.45) is 2.09. The molecule has 0 aliphatic rings. The summed E-state index contributed by atoms with van der Waals surface area (Å²) in [4.78, 5) is 0. The Morgan fingerprint density at radius 3 is 1.88 bits per heavy atom. The lowest BCUT2D eigenvalue weighted by molar-refractivity contribution is -0.642. The average molecular weight is 476 g/mol. The zero-order valence-electron chi connectivity index (χ0n) is 19.8. The number of ether oxygens (including phenoxy) is 4. The van der Waals surface area contributed by atoms with Gasteiger partial charge >= 0.3 is 0 Å². The van der Waals surface area contributed by atoms with E-state index in [-0.39, 0.29) is 12.4 Å². The molecule has 5 aromatic rings. The minimum atomic E-state index is 0. The number of hydrogen-bond acceptors (Lipinski definition) is 4. The molecule has 1 aromatic heterocycles. The third kappa shape index (κ3) is 3.44. The van der Waals surface area contributed by atoms with Crippen molar-refractivity contribution in [3.63, 3.8) is 0 Å². The molecule has 5 rings (SSSR count). The van der Waals surface area contributed by atoms with Crippen molar-refractivity contribution in [2.75, 3.05) is 28.4 Å². The molecule has 0 unspecified atom stereocenters. The van der Waals surface area contributed by atoms with Gasteiger partial charge in [-0.2, -0.15) is 4.57 Å². The maximum Gasteiger partial charge on any atom is 0.220 e. The number of methoxy groups -OCH3 is 4. The third-order valence-electron chi connectivity index (χ3n) is 6.25. The van der Waals surface area contributed by atoms with Crippen LogP contribution in [0.1, 0.15) is 0 Å². The van der Waals surface area contributed by atoms with Crippen LogP contribution in [0.15, 0.2) is 66.9 Å². The Kier molecular flexibility index (Phi) is 6.40. The molecule has 0 amide bonds. The van der Waals surface area contributed by atoms with Crippen LogP contribution in [0.5, 0.6) is 23.0 Å². The van der Waals surface area contributed by atoms with Crippen molar-refractivity contribution in [3.05, 3.63) is 66.9 Å². The molecule has 0 aliphatic heterocycles. The normalized spacial score (nSPS) is 10.9. The van der Waals surface area contributed by atoms with E-state index in [2.05, 4.69) is 54.2 Å². The first kappa shape index (κ1) is 23.5. The first-order valence-corrected chi connectivity index (χ1v) is 10.7. The predicted octanol–water partition coefficient (Wildman–Crippen LogP) is 2.68. The number of fused-ring (bicyclic) bond motifs is 5. The van der Waals surface area contributed by atoms with Crippen molar-refractivity contribution in [1.29, 1.82) is 0 Å². The number of halogens is 1. The van der Waals surface area contributed by atoms with Gasteiger partial charge in [-0.25, -0.2) is 0 Å². The van der Waals surface area contributed by atoms with Crippen LogP contribution in [0.2, 0.25) is 0 Å². The van der Waals surface area contributed by atoms with Gasteiger partial charge in [0, 0.05) is 16.3 Å². The first-order valence-electron chi connectivity index (χ1n) is 10.7. The van der Waals surface area contributed by atoms with E-state index in [9.17, 15) is 0 Å². The van der Waals surface area contributed by atoms with E-state index >= 15 is 0 Å². The van der Waals surface area contributed by atoms with Crippen molar-refractivity contribution in [2.24, 2.45) is 7.05 Å². The standard InChI is InChI=1S/C28H26NO4.ClH/c1-29-16-22-18(13-14-23(30-2)27(22)32-4)20-12-11-19-21(26(20)29)15-24(31-3)28(33-5)25(19)17-9-7-6-8-10-17;/h6-16H,1-5H3;1H/q+1;/p-1. The van der Waals surface area contributed by atoms with Gasteiger partial charge in [0.1, 0.15) is 7.05 Å². The molecule has 0 radical (unpaired) electrons. The molecular weight excluding hydrogens is 450 g/mol. The van der Waals surface area contributed by atoms with Crippen molar-refractivity contribution in [1.82, 2.24) is 0 Å². The third-order valence-corrected chi connectivity index (χ3v) is 6.25. The molecule has 0 spiro atoms. The Hall–Kier alpha value is -3.70. The summed E-state index contributed by atoms with van der Waals surface area (Å²) in [6, 6.07) is 20.7. The molecule has 34 heavy (non-hydrogen) atoms. The van der Waals surface area contributed by atoms with Crippen molar-refractivity contribution < 1.29 is 35.9 Å². The van der Waals surface area contributed by atoms with E-state index in [1.807, 2.05) is 24.3 Å². The number of aryl methyl sites for hydroxylation is 1. The van der Waals surface area contributed by atoms with Gasteiger partial charge < -0.3 is 31.4 Å². The molecule has 6 heteroatoms. The zero-order valence-corrected chi connectivity index (χ0v) is 20.6. The highest BCUT2D eigenvalue weighted by Crippen LogP contribution is 2.46. The summed E-state index contributed by atoms with van der Waals surface area (Å²) in [6.45, 7) is 0. The lowest BCUT2D eigenvalue weighted by atomic mass is 9.93. The number of hydrogen-bond donors (Lipinski definition) is 0. The van der Waals surface area contributed by atoms with E-state index in [1.165, 1.54) is 0 Å². The SMILES string of the molecule is COc1cc2c(ccc3c4ccc(OC)c(OC)c4c[n+](C)c23)c(-c2ccccc2)c1OC.[Cl-]. The quantitative estimate of drug-likeness (QED) is 0.289. The fraction of sp³-hybridized carbons (Fsp3) is 0.179. The number of aromatic nitrogens is 1. The topological polar surface area (TPSA) is 40.8 Å². The number of pyridine rings is 1. The average Bonchev–Trinajstić information content (AvgIpc) is 2.86. The molecule has 0 fully saturated rings. The van der Waals surface area contributed by atoms with Gasteiger partial charge in [-0.15, -0.1) is 0 Å². The predicted molar refractivity (Wildman–Crippen MR) is 132 cm³/mol. The highest BCUT2D eigenvalue weighted by atomic mass is 35.5. The Morgan fingerprint density at radius 2 is 1.24 bits per heavy atom. The molecule has 0 atom stereocenters. The second-order valence-corrected chi connectivity index (χ2v) is 7.91. The van der Waals surface area contributed by atoms with Gasteiger partial charge in [-0.3, -0.25) is 0 Å². The van der Waals surface area contributed by atoms with Crippen LogP contribution in [0.4, 0.5) is 0 Å². The van der Waals surface area contributed by atoms with Crippen LogP contribution in [-0.2, 0) is 7.05 Å². The summed E-state index contributed by atoms with van der Waals surface area (Å²) in [7, 11) is 8.74. The Labute approximate surface area is 204 Å². The summed E-state index contributed by atoms with van der Waals surface area (Å²) < 4.78 is 25.0. The smallest absolute Gasteiger partial charge is 0.220 e. The number of benzene rings is 4. The zero-order chi connectivity index (χ0) is 23.1. The Morgan fingerprint density at radius 1 is 0.588 bits per heavy atom. The van der Waals surface area contributed by atoms with Gasteiger partial charge in [-0.1, -0.05) is 36.4 Å². The lowest BCUT2D eigenvalue weighted by Gasteiger charge is -2.17. The van der Waals surface area contributed by atoms with Crippen molar-refractivity contribution in [2.45, 2.75) is 0 Å². The molecule has 0 bridgehead atoms. The molecule has 0 saturated heterocycles. The number of nitrogens with zero attached hydrogens (tertiary/aromatic N) is 1. The van der Waals surface area contributed by atoms with E-state index in [1.54, 1.807) is 28.4 Å². The molecule has 0 N–H and O–H groups in total. The second kappa shape index (κ2) is 9.27. The molecule has 1 heterocycles. The summed E-state index contributed by atoms with van der Waals surface area (Å²) in [5.74, 6) is 2.86. The van der Waals surface area contributed by atoms with Gasteiger partial charge in [0.05, 0.1) is 44.6 Å². The fourth-order valence-corrected chi connectivity index (χ4v) is 4.83. The monoisotopic (exact) mass is 475 g/mol. The molecule has 0 saturated carbocycles. The minimum absolute atomic E-state index is 0. The highest BCUT2D eigenvalue weighted by molar-refractivity contribution is 6.18. The summed E-state index contributed by atoms with van der Waals surface area (Å²) in [5, 5.41) is 5.40. The molecule has 5 nitrogen and oxygen atoms in total. The molecule has 0 aliphatic carbocycles. The number of rotatable bonds is 5. The first-order chi connectivity index (χ1) is 16.1. The lowest BCUT2D eigenvalue weighted by Crippen LogP contribution is -3.00. The summed E-state index contributed by atoms with van der Waals surface area (Å²) in [5.41, 5.74) is 3.19. The van der Waals surface area contributed by atoms with Crippen LogP contribution < -0.4 is 35.9 Å². The van der Waals surface area contributed by atoms with Crippen LogP contribution in [0.3, 0.4) is 0 Å². The molecule has 174 valence electrons. The maximum atomic E-state index is 5.84. The Bertz CT molecular complexity index is 1520. The van der Waals surface area contributed by atoms with Crippen LogP contribution in [-0.4, -0.2) is 28.4 Å². The van der Waals surface area contributed by atoms with Crippen LogP contribution in [0.25, 0.3) is 43.6 Å². The van der Waals surface area contributed by atoms with Gasteiger partial charge in [0.15, 0.2) is 29.2 Å². The molecular formula is C28H26ClNO4. The summed E-state index contributed by atoms with van der Waals surface area (Å²) >= 11 is 0. The van der Waals surface area contributed by atoms with E-state index in [0.29, 0.717) is 11.5 Å². The molecule has 4 aromatic carbocycles. The minimum Gasteiger partial charge on any atom is -1.00 e. The largest absolute Gasteiger partial charge is 1.00 e. The highest BCUT2D eigenvalue weighted by Gasteiger charge is 2.23. The second-order valence-electron chi connectivity index (χ2n) is 7.91. The van der Waals surface area contributed by atoms with Crippen molar-refractivity contribution >= 4 is 32.4 Å². The fourth-order valence-electron chi connectivity index (χ4n) is 4.83. The van der Waals surface area contributed by atoms with Crippen LogP contribution >= 0.6 is 0 Å². The van der Waals surface area contributed by atoms with Gasteiger partial charge in [-0.05, 0) is 29.8 Å². The van der Waals surface area contributed by atoms with E-state index in [0.717, 1.165) is 55.1 Å². The Balaban J connectivity index is 0.00000274. The maximum absolute atomic E-state index is 5.84. The van der Waals surface area contributed by atoms with Crippen molar-refractivity contribution in [3.8, 4) is 34.1 Å². The van der Waals surface area contributed by atoms with E-state index < -0.39 is 0 Å². The van der Waals surface area contributed by atoms with E-state index in [4.69, 9.17) is 18.9 Å². The van der Waals surface area contributed by atoms with Gasteiger partial charge in [0.25, 0.3) is 0 Å².